The van der Waals surface area contributed by atoms with Gasteiger partial charge in [-0.25, -0.2) is 13.4 Å². The lowest BCUT2D eigenvalue weighted by molar-refractivity contribution is 0.144. The van der Waals surface area contributed by atoms with Crippen LogP contribution in [0.2, 0.25) is 0 Å². The van der Waals surface area contributed by atoms with Crippen molar-refractivity contribution in [3.63, 3.8) is 0 Å². The summed E-state index contributed by atoms with van der Waals surface area (Å²) in [6.45, 7) is 9.59. The summed E-state index contributed by atoms with van der Waals surface area (Å²) in [4.78, 5) is 4.02. The Morgan fingerprint density at radius 3 is 2.53 bits per heavy atom. The van der Waals surface area contributed by atoms with Crippen molar-refractivity contribution in [2.75, 3.05) is 13.1 Å². The zero-order chi connectivity index (χ0) is 14.3. The molecule has 0 saturated carbocycles. The molecule has 1 fully saturated rings. The molecule has 5 heteroatoms. The molecule has 0 unspecified atom stereocenters. The van der Waals surface area contributed by atoms with Gasteiger partial charge in [-0.1, -0.05) is 26.8 Å². The third kappa shape index (κ3) is 3.15. The molecule has 0 aliphatic carbocycles. The molecule has 0 spiro atoms. The van der Waals surface area contributed by atoms with E-state index in [1.165, 1.54) is 6.20 Å². The first-order valence-electron chi connectivity index (χ1n) is 6.62. The van der Waals surface area contributed by atoms with Crippen molar-refractivity contribution in [1.29, 1.82) is 0 Å². The second-order valence-electron chi connectivity index (χ2n) is 6.58. The van der Waals surface area contributed by atoms with Crippen LogP contribution >= 0.6 is 0 Å². The number of aryl methyl sites for hydroxylation is 1. The topological polar surface area (TPSA) is 50.3 Å². The molecule has 1 aromatic heterocycles. The van der Waals surface area contributed by atoms with Crippen molar-refractivity contribution in [2.24, 2.45) is 11.3 Å². The SMILES string of the molecule is Cc1cccnc1S(=O)(=O)N1CC(CC(C)(C)C)C1. The maximum atomic E-state index is 12.4. The first-order chi connectivity index (χ1) is 8.70. The highest BCUT2D eigenvalue weighted by atomic mass is 32.2. The normalized spacial score (nSPS) is 18.3. The molecule has 0 aromatic carbocycles. The summed E-state index contributed by atoms with van der Waals surface area (Å²) < 4.78 is 26.4. The van der Waals surface area contributed by atoms with Crippen molar-refractivity contribution in [3.8, 4) is 0 Å². The standard InChI is InChI=1S/C14H22N2O2S/c1-11-6-5-7-15-13(11)19(17,18)16-9-12(10-16)8-14(2,3)4/h5-7,12H,8-10H2,1-4H3. The van der Waals surface area contributed by atoms with Crippen LogP contribution in [-0.4, -0.2) is 30.8 Å². The van der Waals surface area contributed by atoms with Crippen LogP contribution < -0.4 is 0 Å². The van der Waals surface area contributed by atoms with Crippen LogP contribution in [0.1, 0.15) is 32.8 Å². The zero-order valence-corrected chi connectivity index (χ0v) is 12.9. The van der Waals surface area contributed by atoms with Gasteiger partial charge in [-0.2, -0.15) is 4.31 Å². The van der Waals surface area contributed by atoms with Crippen molar-refractivity contribution in [2.45, 2.75) is 39.1 Å². The predicted molar refractivity (Wildman–Crippen MR) is 75.3 cm³/mol. The van der Waals surface area contributed by atoms with Gasteiger partial charge in [0.2, 0.25) is 0 Å². The van der Waals surface area contributed by atoms with E-state index in [1.807, 2.05) is 0 Å². The average molecular weight is 282 g/mol. The van der Waals surface area contributed by atoms with Gasteiger partial charge >= 0.3 is 0 Å². The van der Waals surface area contributed by atoms with E-state index in [9.17, 15) is 8.42 Å². The molecule has 1 aliphatic rings. The lowest BCUT2D eigenvalue weighted by Crippen LogP contribution is -2.51. The average Bonchev–Trinajstić information content (AvgIpc) is 2.21. The molecule has 2 heterocycles. The molecule has 0 atom stereocenters. The van der Waals surface area contributed by atoms with Crippen molar-refractivity contribution in [1.82, 2.24) is 9.29 Å². The molecule has 2 rings (SSSR count). The van der Waals surface area contributed by atoms with Gasteiger partial charge in [0, 0.05) is 19.3 Å². The fourth-order valence-electron chi connectivity index (χ4n) is 2.58. The van der Waals surface area contributed by atoms with Gasteiger partial charge < -0.3 is 0 Å². The van der Waals surface area contributed by atoms with Crippen LogP contribution in [0.15, 0.2) is 23.4 Å². The summed E-state index contributed by atoms with van der Waals surface area (Å²) in [6.07, 6.45) is 2.59. The lowest BCUT2D eigenvalue weighted by Gasteiger charge is -2.40. The Hall–Kier alpha value is -0.940. The van der Waals surface area contributed by atoms with Gasteiger partial charge in [0.05, 0.1) is 0 Å². The van der Waals surface area contributed by atoms with Crippen LogP contribution in [0, 0.1) is 18.3 Å². The van der Waals surface area contributed by atoms with E-state index in [0.717, 1.165) is 6.42 Å². The van der Waals surface area contributed by atoms with Gasteiger partial charge in [0.1, 0.15) is 0 Å². The predicted octanol–water partition coefficient (Wildman–Crippen LogP) is 2.45. The molecule has 0 N–H and O–H groups in total. The molecule has 1 aromatic rings. The molecular weight excluding hydrogens is 260 g/mol. The Labute approximate surface area is 115 Å². The Bertz CT molecular complexity index is 555. The van der Waals surface area contributed by atoms with E-state index in [1.54, 1.807) is 23.4 Å². The maximum Gasteiger partial charge on any atom is 0.260 e. The molecule has 1 aliphatic heterocycles. The summed E-state index contributed by atoms with van der Waals surface area (Å²) in [7, 11) is -3.40. The van der Waals surface area contributed by atoms with E-state index >= 15 is 0 Å². The monoisotopic (exact) mass is 282 g/mol. The van der Waals surface area contributed by atoms with Crippen LogP contribution in [-0.2, 0) is 10.0 Å². The Morgan fingerprint density at radius 2 is 2.00 bits per heavy atom. The van der Waals surface area contributed by atoms with E-state index in [-0.39, 0.29) is 10.4 Å². The second kappa shape index (κ2) is 4.87. The summed E-state index contributed by atoms with van der Waals surface area (Å²) in [6, 6.07) is 3.54. The molecule has 0 bridgehead atoms. The second-order valence-corrected chi connectivity index (χ2v) is 8.43. The van der Waals surface area contributed by atoms with Crippen LogP contribution in [0.3, 0.4) is 0 Å². The molecule has 1 saturated heterocycles. The summed E-state index contributed by atoms with van der Waals surface area (Å²) in [5, 5.41) is 0.198. The summed E-state index contributed by atoms with van der Waals surface area (Å²) >= 11 is 0. The van der Waals surface area contributed by atoms with Gasteiger partial charge in [-0.05, 0) is 36.3 Å². The number of rotatable bonds is 3. The van der Waals surface area contributed by atoms with Gasteiger partial charge in [-0.3, -0.25) is 0 Å². The fourth-order valence-corrected chi connectivity index (χ4v) is 4.31. The third-order valence-corrected chi connectivity index (χ3v) is 5.26. The van der Waals surface area contributed by atoms with Gasteiger partial charge in [-0.15, -0.1) is 0 Å². The minimum Gasteiger partial charge on any atom is -0.243 e. The number of aromatic nitrogens is 1. The van der Waals surface area contributed by atoms with Crippen LogP contribution in [0.4, 0.5) is 0 Å². The third-order valence-electron chi connectivity index (χ3n) is 3.37. The number of pyridine rings is 1. The highest BCUT2D eigenvalue weighted by Gasteiger charge is 2.39. The molecule has 0 amide bonds. The number of sulfonamides is 1. The molecular formula is C14H22N2O2S. The zero-order valence-electron chi connectivity index (χ0n) is 12.0. The highest BCUT2D eigenvalue weighted by molar-refractivity contribution is 7.89. The van der Waals surface area contributed by atoms with Gasteiger partial charge in [0.25, 0.3) is 10.0 Å². The molecule has 0 radical (unpaired) electrons. The minimum atomic E-state index is -3.40. The number of hydrogen-bond donors (Lipinski definition) is 0. The Morgan fingerprint density at radius 1 is 1.37 bits per heavy atom. The first-order valence-corrected chi connectivity index (χ1v) is 8.06. The summed E-state index contributed by atoms with van der Waals surface area (Å²) in [5.74, 6) is 0.471. The smallest absolute Gasteiger partial charge is 0.243 e. The van der Waals surface area contributed by atoms with Crippen molar-refractivity contribution < 1.29 is 8.42 Å². The summed E-state index contributed by atoms with van der Waals surface area (Å²) in [5.41, 5.74) is 0.961. The van der Waals surface area contributed by atoms with Crippen molar-refractivity contribution >= 4 is 10.0 Å². The number of nitrogens with zero attached hydrogens (tertiary/aromatic N) is 2. The fraction of sp³-hybridized carbons (Fsp3) is 0.643. The van der Waals surface area contributed by atoms with Gasteiger partial charge in [0.15, 0.2) is 5.03 Å². The van der Waals surface area contributed by atoms with E-state index in [0.29, 0.717) is 24.6 Å². The largest absolute Gasteiger partial charge is 0.260 e. The quantitative estimate of drug-likeness (QED) is 0.855. The molecule has 4 nitrogen and oxygen atoms in total. The maximum absolute atomic E-state index is 12.4. The molecule has 19 heavy (non-hydrogen) atoms. The number of hydrogen-bond acceptors (Lipinski definition) is 3. The Balaban J connectivity index is 2.07. The van der Waals surface area contributed by atoms with Crippen LogP contribution in [0.25, 0.3) is 0 Å². The van der Waals surface area contributed by atoms with Crippen LogP contribution in [0.5, 0.6) is 0 Å². The van der Waals surface area contributed by atoms with E-state index in [4.69, 9.17) is 0 Å². The highest BCUT2D eigenvalue weighted by Crippen LogP contribution is 2.33. The lowest BCUT2D eigenvalue weighted by atomic mass is 9.82. The minimum absolute atomic E-state index is 0.198. The first kappa shape index (κ1) is 14.5. The van der Waals surface area contributed by atoms with E-state index < -0.39 is 10.0 Å². The Kier molecular flexibility index (Phi) is 3.71. The van der Waals surface area contributed by atoms with E-state index in [2.05, 4.69) is 25.8 Å². The molecule has 106 valence electrons. The van der Waals surface area contributed by atoms with Crippen molar-refractivity contribution in [3.05, 3.63) is 23.9 Å².